The summed E-state index contributed by atoms with van der Waals surface area (Å²) in [6.07, 6.45) is 3.44. The number of methoxy groups -OCH3 is 1. The Hall–Kier alpha value is -3.23. The van der Waals surface area contributed by atoms with Gasteiger partial charge in [-0.2, -0.15) is 4.98 Å². The average Bonchev–Trinajstić information content (AvgIpc) is 3.41. The Kier molecular flexibility index (Phi) is 8.72. The van der Waals surface area contributed by atoms with Crippen LogP contribution < -0.4 is 0 Å². The lowest BCUT2D eigenvalue weighted by atomic mass is 10.0. The molecule has 1 aliphatic rings. The molecule has 0 spiro atoms. The Morgan fingerprint density at radius 1 is 1.14 bits per heavy atom. The van der Waals surface area contributed by atoms with Crippen molar-refractivity contribution in [3.8, 4) is 11.4 Å². The molecule has 1 unspecified atom stereocenters. The van der Waals surface area contributed by atoms with Crippen molar-refractivity contribution >= 4 is 23.4 Å². The van der Waals surface area contributed by atoms with E-state index < -0.39 is 0 Å². The maximum absolute atomic E-state index is 13.5. The highest BCUT2D eigenvalue weighted by molar-refractivity contribution is 6.30. The zero-order chi connectivity index (χ0) is 25.5. The lowest BCUT2D eigenvalue weighted by Crippen LogP contribution is -2.46. The minimum absolute atomic E-state index is 0.0492. The molecule has 8 nitrogen and oxygen atoms in total. The van der Waals surface area contributed by atoms with Crippen LogP contribution in [0.5, 0.6) is 0 Å². The van der Waals surface area contributed by atoms with Gasteiger partial charge in [-0.25, -0.2) is 0 Å². The monoisotopic (exact) mass is 510 g/mol. The highest BCUT2D eigenvalue weighted by atomic mass is 35.5. The third-order valence-electron chi connectivity index (χ3n) is 6.44. The van der Waals surface area contributed by atoms with E-state index in [0.29, 0.717) is 42.0 Å². The minimum atomic E-state index is -0.331. The number of likely N-dealkylation sites (tertiary alicyclic amines) is 1. The van der Waals surface area contributed by atoms with E-state index in [1.54, 1.807) is 29.0 Å². The highest BCUT2D eigenvalue weighted by Crippen LogP contribution is 2.31. The molecule has 2 aromatic carbocycles. The molecule has 1 atom stereocenters. The quantitative estimate of drug-likeness (QED) is 0.411. The van der Waals surface area contributed by atoms with Crippen molar-refractivity contribution < 1.29 is 18.8 Å². The standard InChI is InChI=1S/C27H31ClN4O4/c1-3-19-7-9-21(10-8-19)27(34)31(16-17-35-2)18-24(33)32-15-5-4-6-23(32)26-29-25(30-36-26)20-11-13-22(28)14-12-20/h7-14,23H,3-6,15-18H2,1-2H3. The van der Waals surface area contributed by atoms with Gasteiger partial charge in [0, 0.05) is 36.3 Å². The summed E-state index contributed by atoms with van der Waals surface area (Å²) in [6.45, 7) is 3.24. The van der Waals surface area contributed by atoms with E-state index in [2.05, 4.69) is 17.1 Å². The molecule has 0 radical (unpaired) electrons. The van der Waals surface area contributed by atoms with Gasteiger partial charge in [-0.15, -0.1) is 0 Å². The summed E-state index contributed by atoms with van der Waals surface area (Å²) in [5, 5.41) is 4.75. The van der Waals surface area contributed by atoms with E-state index in [-0.39, 0.29) is 24.4 Å². The number of carbonyl (C=O) groups is 2. The highest BCUT2D eigenvalue weighted by Gasteiger charge is 2.33. The van der Waals surface area contributed by atoms with Gasteiger partial charge >= 0.3 is 0 Å². The number of rotatable bonds is 9. The number of amides is 2. The number of hydrogen-bond donors (Lipinski definition) is 0. The maximum Gasteiger partial charge on any atom is 0.254 e. The topological polar surface area (TPSA) is 88.8 Å². The van der Waals surface area contributed by atoms with Crippen LogP contribution in [-0.2, 0) is 16.0 Å². The third-order valence-corrected chi connectivity index (χ3v) is 6.69. The zero-order valence-electron chi connectivity index (χ0n) is 20.7. The van der Waals surface area contributed by atoms with Crippen molar-refractivity contribution in [3.63, 3.8) is 0 Å². The van der Waals surface area contributed by atoms with E-state index in [0.717, 1.165) is 36.8 Å². The van der Waals surface area contributed by atoms with Crippen molar-refractivity contribution in [2.24, 2.45) is 0 Å². The zero-order valence-corrected chi connectivity index (χ0v) is 21.4. The number of carbonyl (C=O) groups excluding carboxylic acids is 2. The lowest BCUT2D eigenvalue weighted by molar-refractivity contribution is -0.136. The van der Waals surface area contributed by atoms with Gasteiger partial charge < -0.3 is 19.1 Å². The molecule has 190 valence electrons. The summed E-state index contributed by atoms with van der Waals surface area (Å²) >= 11 is 5.98. The fourth-order valence-electron chi connectivity index (χ4n) is 4.35. The summed E-state index contributed by atoms with van der Waals surface area (Å²) in [6, 6.07) is 14.4. The van der Waals surface area contributed by atoms with Crippen molar-refractivity contribution in [2.45, 2.75) is 38.6 Å². The van der Waals surface area contributed by atoms with Crippen LogP contribution in [0.2, 0.25) is 5.02 Å². The average molecular weight is 511 g/mol. The van der Waals surface area contributed by atoms with Gasteiger partial charge in [0.2, 0.25) is 17.6 Å². The van der Waals surface area contributed by atoms with Crippen molar-refractivity contribution in [1.29, 1.82) is 0 Å². The molecule has 0 bridgehead atoms. The molecular formula is C27H31ClN4O4. The molecule has 3 aromatic rings. The summed E-state index contributed by atoms with van der Waals surface area (Å²) in [5.74, 6) is 0.505. The van der Waals surface area contributed by atoms with Gasteiger partial charge in [0.25, 0.3) is 5.91 Å². The largest absolute Gasteiger partial charge is 0.383 e. The van der Waals surface area contributed by atoms with Crippen LogP contribution in [0.4, 0.5) is 0 Å². The molecular weight excluding hydrogens is 480 g/mol. The second-order valence-electron chi connectivity index (χ2n) is 8.83. The number of ether oxygens (including phenoxy) is 1. The molecule has 2 heterocycles. The predicted molar refractivity (Wildman–Crippen MR) is 137 cm³/mol. The fraction of sp³-hybridized carbons (Fsp3) is 0.407. The molecule has 0 N–H and O–H groups in total. The van der Waals surface area contributed by atoms with Crippen molar-refractivity contribution in [3.05, 3.63) is 70.6 Å². The fourth-order valence-corrected chi connectivity index (χ4v) is 4.47. The second kappa shape index (κ2) is 12.1. The van der Waals surface area contributed by atoms with E-state index in [1.165, 1.54) is 0 Å². The van der Waals surface area contributed by atoms with Crippen LogP contribution in [0.25, 0.3) is 11.4 Å². The number of nitrogens with zero attached hydrogens (tertiary/aromatic N) is 4. The number of aryl methyl sites for hydroxylation is 1. The molecule has 2 amide bonds. The summed E-state index contributed by atoms with van der Waals surface area (Å²) in [4.78, 5) is 34.6. The van der Waals surface area contributed by atoms with Gasteiger partial charge in [0.05, 0.1) is 6.61 Å². The first-order chi connectivity index (χ1) is 17.5. The molecule has 1 fully saturated rings. The molecule has 0 saturated carbocycles. The first-order valence-corrected chi connectivity index (χ1v) is 12.6. The Balaban J connectivity index is 1.50. The first-order valence-electron chi connectivity index (χ1n) is 12.3. The molecule has 9 heteroatoms. The Labute approximate surface area is 216 Å². The smallest absolute Gasteiger partial charge is 0.254 e. The van der Waals surface area contributed by atoms with Crippen LogP contribution >= 0.6 is 11.6 Å². The normalized spacial score (nSPS) is 15.6. The molecule has 1 aromatic heterocycles. The summed E-state index contributed by atoms with van der Waals surface area (Å²) in [7, 11) is 1.58. The minimum Gasteiger partial charge on any atom is -0.383 e. The van der Waals surface area contributed by atoms with E-state index in [4.69, 9.17) is 20.9 Å². The second-order valence-corrected chi connectivity index (χ2v) is 9.27. The molecule has 0 aliphatic carbocycles. The summed E-state index contributed by atoms with van der Waals surface area (Å²) in [5.41, 5.74) is 2.49. The predicted octanol–water partition coefficient (Wildman–Crippen LogP) is 4.79. The lowest BCUT2D eigenvalue weighted by Gasteiger charge is -2.35. The van der Waals surface area contributed by atoms with Gasteiger partial charge in [-0.1, -0.05) is 35.8 Å². The Morgan fingerprint density at radius 3 is 2.58 bits per heavy atom. The maximum atomic E-state index is 13.5. The Bertz CT molecular complexity index is 1160. The van der Waals surface area contributed by atoms with E-state index >= 15 is 0 Å². The van der Waals surface area contributed by atoms with Crippen LogP contribution in [0, 0.1) is 0 Å². The van der Waals surface area contributed by atoms with Crippen LogP contribution in [0.3, 0.4) is 0 Å². The number of aromatic nitrogens is 2. The Morgan fingerprint density at radius 2 is 1.89 bits per heavy atom. The van der Waals surface area contributed by atoms with Crippen molar-refractivity contribution in [1.82, 2.24) is 19.9 Å². The van der Waals surface area contributed by atoms with Crippen LogP contribution in [0.1, 0.15) is 54.0 Å². The molecule has 36 heavy (non-hydrogen) atoms. The first kappa shape index (κ1) is 25.9. The van der Waals surface area contributed by atoms with E-state index in [1.807, 2.05) is 36.4 Å². The number of hydrogen-bond acceptors (Lipinski definition) is 6. The SMILES string of the molecule is CCc1ccc(C(=O)N(CCOC)CC(=O)N2CCCCC2c2nc(-c3ccc(Cl)cc3)no2)cc1. The molecule has 1 saturated heterocycles. The number of piperidine rings is 1. The van der Waals surface area contributed by atoms with E-state index in [9.17, 15) is 9.59 Å². The van der Waals surface area contributed by atoms with Crippen LogP contribution in [0.15, 0.2) is 53.1 Å². The molecule has 1 aliphatic heterocycles. The van der Waals surface area contributed by atoms with Crippen LogP contribution in [-0.4, -0.2) is 65.1 Å². The van der Waals surface area contributed by atoms with Gasteiger partial charge in [-0.3, -0.25) is 9.59 Å². The van der Waals surface area contributed by atoms with Crippen molar-refractivity contribution in [2.75, 3.05) is 33.4 Å². The number of benzene rings is 2. The number of halogens is 1. The summed E-state index contributed by atoms with van der Waals surface area (Å²) < 4.78 is 10.8. The van der Waals surface area contributed by atoms with Gasteiger partial charge in [0.1, 0.15) is 12.6 Å². The third kappa shape index (κ3) is 6.12. The van der Waals surface area contributed by atoms with Gasteiger partial charge in [0.15, 0.2) is 0 Å². The molecule has 4 rings (SSSR count). The van der Waals surface area contributed by atoms with Gasteiger partial charge in [-0.05, 0) is 67.6 Å².